The molecular weight excluding hydrogens is 244 g/mol. The Kier molecular flexibility index (Phi) is 3.34. The monoisotopic (exact) mass is 260 g/mol. The van der Waals surface area contributed by atoms with Crippen molar-refractivity contribution in [3.63, 3.8) is 0 Å². The molecule has 0 saturated carbocycles. The minimum Gasteiger partial charge on any atom is -0.312 e. The lowest BCUT2D eigenvalue weighted by Gasteiger charge is -2.19. The summed E-state index contributed by atoms with van der Waals surface area (Å²) in [4.78, 5) is 13.7. The molecule has 3 rings (SSSR count). The van der Waals surface area contributed by atoms with Crippen molar-refractivity contribution >= 4 is 11.3 Å². The Labute approximate surface area is 111 Å². The molecule has 0 saturated heterocycles. The first kappa shape index (κ1) is 11.7. The molecule has 0 atom stereocenters. The van der Waals surface area contributed by atoms with E-state index < -0.39 is 0 Å². The summed E-state index contributed by atoms with van der Waals surface area (Å²) < 4.78 is 0. The smallest absolute Gasteiger partial charge is 0.179 e. The van der Waals surface area contributed by atoms with Gasteiger partial charge in [0.2, 0.25) is 0 Å². The maximum atomic E-state index is 4.71. The molecule has 0 spiro atoms. The molecule has 1 aliphatic heterocycles. The lowest BCUT2D eigenvalue weighted by Crippen LogP contribution is -2.26. The standard InChI is InChI=1S/C13H16N4S/c1-2-3-10-9-6-14-5-4-11(9)17-13(16-10)12-7-18-8-15-12/h7-8,14H,2-6H2,1H3. The van der Waals surface area contributed by atoms with Crippen molar-refractivity contribution in [2.75, 3.05) is 6.54 Å². The van der Waals surface area contributed by atoms with Crippen molar-refractivity contribution in [2.45, 2.75) is 32.7 Å². The summed E-state index contributed by atoms with van der Waals surface area (Å²) in [5.74, 6) is 0.792. The van der Waals surface area contributed by atoms with Gasteiger partial charge in [-0.1, -0.05) is 13.3 Å². The van der Waals surface area contributed by atoms with Crippen molar-refractivity contribution in [3.8, 4) is 11.5 Å². The molecule has 94 valence electrons. The molecule has 3 heterocycles. The van der Waals surface area contributed by atoms with Crippen LogP contribution in [0.25, 0.3) is 11.5 Å². The Morgan fingerprint density at radius 1 is 1.39 bits per heavy atom. The maximum absolute atomic E-state index is 4.71. The highest BCUT2D eigenvalue weighted by molar-refractivity contribution is 7.07. The van der Waals surface area contributed by atoms with E-state index in [2.05, 4.69) is 17.2 Å². The van der Waals surface area contributed by atoms with Crippen LogP contribution in [0.2, 0.25) is 0 Å². The van der Waals surface area contributed by atoms with Crippen molar-refractivity contribution in [3.05, 3.63) is 27.8 Å². The lowest BCUT2D eigenvalue weighted by atomic mass is 10.0. The van der Waals surface area contributed by atoms with E-state index in [1.54, 1.807) is 11.3 Å². The van der Waals surface area contributed by atoms with Gasteiger partial charge in [0.15, 0.2) is 5.82 Å². The molecule has 0 fully saturated rings. The molecule has 1 aliphatic rings. The normalized spacial score (nSPS) is 14.5. The van der Waals surface area contributed by atoms with Crippen LogP contribution in [-0.4, -0.2) is 21.5 Å². The van der Waals surface area contributed by atoms with Crippen molar-refractivity contribution in [1.29, 1.82) is 0 Å². The summed E-state index contributed by atoms with van der Waals surface area (Å²) in [6.07, 6.45) is 3.12. The number of hydrogen-bond donors (Lipinski definition) is 1. The van der Waals surface area contributed by atoms with Gasteiger partial charge in [-0.05, 0) is 6.42 Å². The lowest BCUT2D eigenvalue weighted by molar-refractivity contribution is 0.615. The average molecular weight is 260 g/mol. The van der Waals surface area contributed by atoms with Crippen LogP contribution < -0.4 is 5.32 Å². The molecule has 0 bridgehead atoms. The zero-order valence-electron chi connectivity index (χ0n) is 10.4. The number of nitrogens with zero attached hydrogens (tertiary/aromatic N) is 3. The highest BCUT2D eigenvalue weighted by Gasteiger charge is 2.18. The Bertz CT molecular complexity index is 536. The summed E-state index contributed by atoms with van der Waals surface area (Å²) in [6, 6.07) is 0. The van der Waals surface area contributed by atoms with Gasteiger partial charge in [-0.3, -0.25) is 0 Å². The number of aromatic nitrogens is 3. The van der Waals surface area contributed by atoms with Gasteiger partial charge in [-0.2, -0.15) is 0 Å². The van der Waals surface area contributed by atoms with Crippen LogP contribution in [0.1, 0.15) is 30.3 Å². The van der Waals surface area contributed by atoms with Crippen molar-refractivity contribution < 1.29 is 0 Å². The minimum absolute atomic E-state index is 0.792. The fraction of sp³-hybridized carbons (Fsp3) is 0.462. The number of rotatable bonds is 3. The van der Waals surface area contributed by atoms with E-state index >= 15 is 0 Å². The molecular formula is C13H16N4S. The second kappa shape index (κ2) is 5.12. The van der Waals surface area contributed by atoms with Gasteiger partial charge in [0.1, 0.15) is 5.69 Å². The molecule has 0 aliphatic carbocycles. The first-order valence-corrected chi connectivity index (χ1v) is 7.30. The Morgan fingerprint density at radius 2 is 2.33 bits per heavy atom. The van der Waals surface area contributed by atoms with Crippen LogP contribution >= 0.6 is 11.3 Å². The Morgan fingerprint density at radius 3 is 3.11 bits per heavy atom. The number of hydrogen-bond acceptors (Lipinski definition) is 5. The summed E-state index contributed by atoms with van der Waals surface area (Å²) in [7, 11) is 0. The number of fused-ring (bicyclic) bond motifs is 1. The largest absolute Gasteiger partial charge is 0.312 e. The summed E-state index contributed by atoms with van der Waals surface area (Å²) >= 11 is 1.59. The number of thiazole rings is 1. The highest BCUT2D eigenvalue weighted by Crippen LogP contribution is 2.22. The van der Waals surface area contributed by atoms with E-state index in [-0.39, 0.29) is 0 Å². The molecule has 0 aromatic carbocycles. The van der Waals surface area contributed by atoms with Gasteiger partial charge < -0.3 is 5.32 Å². The molecule has 18 heavy (non-hydrogen) atoms. The first-order chi connectivity index (χ1) is 8.88. The second-order valence-corrected chi connectivity index (χ2v) is 5.19. The number of nitrogens with one attached hydrogen (secondary N) is 1. The zero-order chi connectivity index (χ0) is 12.4. The molecule has 0 unspecified atom stereocenters. The predicted molar refractivity (Wildman–Crippen MR) is 72.5 cm³/mol. The quantitative estimate of drug-likeness (QED) is 0.919. The topological polar surface area (TPSA) is 50.7 Å². The van der Waals surface area contributed by atoms with Gasteiger partial charge in [-0.25, -0.2) is 15.0 Å². The molecule has 2 aromatic rings. The predicted octanol–water partition coefficient (Wildman–Crippen LogP) is 2.20. The fourth-order valence-electron chi connectivity index (χ4n) is 2.29. The van der Waals surface area contributed by atoms with Gasteiger partial charge in [-0.15, -0.1) is 11.3 Å². The van der Waals surface area contributed by atoms with E-state index in [1.165, 1.54) is 17.0 Å². The highest BCUT2D eigenvalue weighted by atomic mass is 32.1. The molecule has 2 aromatic heterocycles. The molecule has 0 radical (unpaired) electrons. The SMILES string of the molecule is CCCc1nc(-c2cscn2)nc2c1CNCC2. The van der Waals surface area contributed by atoms with Crippen LogP contribution in [0.15, 0.2) is 10.9 Å². The van der Waals surface area contributed by atoms with Crippen LogP contribution in [0, 0.1) is 0 Å². The van der Waals surface area contributed by atoms with Crippen LogP contribution in [-0.2, 0) is 19.4 Å². The Hall–Kier alpha value is -1.33. The maximum Gasteiger partial charge on any atom is 0.179 e. The third-order valence-electron chi connectivity index (χ3n) is 3.17. The van der Waals surface area contributed by atoms with Crippen LogP contribution in [0.3, 0.4) is 0 Å². The van der Waals surface area contributed by atoms with E-state index in [0.29, 0.717) is 0 Å². The van der Waals surface area contributed by atoms with Crippen LogP contribution in [0.5, 0.6) is 0 Å². The minimum atomic E-state index is 0.792. The first-order valence-electron chi connectivity index (χ1n) is 6.36. The van der Waals surface area contributed by atoms with Crippen LogP contribution in [0.4, 0.5) is 0 Å². The molecule has 0 amide bonds. The van der Waals surface area contributed by atoms with Gasteiger partial charge in [0, 0.05) is 36.1 Å². The van der Waals surface area contributed by atoms with E-state index in [1.807, 2.05) is 10.9 Å². The fourth-order valence-corrected chi connectivity index (χ4v) is 2.82. The molecule has 5 heteroatoms. The van der Waals surface area contributed by atoms with E-state index in [4.69, 9.17) is 9.97 Å². The third kappa shape index (κ3) is 2.15. The van der Waals surface area contributed by atoms with Gasteiger partial charge in [0.05, 0.1) is 11.2 Å². The average Bonchev–Trinajstić information content (AvgIpc) is 2.93. The van der Waals surface area contributed by atoms with E-state index in [9.17, 15) is 0 Å². The molecule has 1 N–H and O–H groups in total. The van der Waals surface area contributed by atoms with Gasteiger partial charge >= 0.3 is 0 Å². The van der Waals surface area contributed by atoms with Crippen molar-refractivity contribution in [1.82, 2.24) is 20.3 Å². The van der Waals surface area contributed by atoms with Gasteiger partial charge in [0.25, 0.3) is 0 Å². The summed E-state index contributed by atoms with van der Waals surface area (Å²) in [6.45, 7) is 4.10. The second-order valence-electron chi connectivity index (χ2n) is 4.47. The Balaban J connectivity index is 2.09. The summed E-state index contributed by atoms with van der Waals surface area (Å²) in [5.41, 5.74) is 6.44. The van der Waals surface area contributed by atoms with E-state index in [0.717, 1.165) is 43.9 Å². The summed E-state index contributed by atoms with van der Waals surface area (Å²) in [5, 5.41) is 5.41. The number of aryl methyl sites for hydroxylation is 1. The van der Waals surface area contributed by atoms with Crippen molar-refractivity contribution in [2.24, 2.45) is 0 Å². The zero-order valence-corrected chi connectivity index (χ0v) is 11.3. The molecule has 4 nitrogen and oxygen atoms in total. The third-order valence-corrected chi connectivity index (χ3v) is 3.75.